The number of carbonyl (C=O) groups is 2. The zero-order valence-electron chi connectivity index (χ0n) is 13.5. The molecule has 0 spiro atoms. The van der Waals surface area contributed by atoms with E-state index in [4.69, 9.17) is 10.5 Å². The third kappa shape index (κ3) is 12.0. The molecule has 20 heavy (non-hydrogen) atoms. The Bertz CT molecular complexity index is 320. The van der Waals surface area contributed by atoms with Crippen LogP contribution >= 0.6 is 0 Å². The van der Waals surface area contributed by atoms with Crippen molar-refractivity contribution < 1.29 is 14.3 Å². The third-order valence-electron chi connectivity index (χ3n) is 2.99. The second kappa shape index (κ2) is 8.25. The smallest absolute Gasteiger partial charge is 0.220 e. The molecule has 0 aliphatic carbocycles. The average Bonchev–Trinajstić information content (AvgIpc) is 2.24. The maximum Gasteiger partial charge on any atom is 0.220 e. The van der Waals surface area contributed by atoms with Gasteiger partial charge in [0.25, 0.3) is 0 Å². The lowest BCUT2D eigenvalue weighted by atomic mass is 9.93. The fourth-order valence-electron chi connectivity index (χ4n) is 1.53. The summed E-state index contributed by atoms with van der Waals surface area (Å²) in [6, 6.07) is 0. The van der Waals surface area contributed by atoms with Crippen LogP contribution in [0.5, 0.6) is 0 Å². The molecule has 0 aromatic rings. The number of hydrogen-bond acceptors (Lipinski definition) is 3. The summed E-state index contributed by atoms with van der Waals surface area (Å²) in [5, 5.41) is 2.67. The molecule has 0 fully saturated rings. The second-order valence-electron chi connectivity index (χ2n) is 6.99. The fourth-order valence-corrected chi connectivity index (χ4v) is 1.53. The largest absolute Gasteiger partial charge is 0.376 e. The first-order valence-corrected chi connectivity index (χ1v) is 7.21. The van der Waals surface area contributed by atoms with Crippen LogP contribution in [0, 0.1) is 5.41 Å². The Kier molecular flexibility index (Phi) is 7.79. The van der Waals surface area contributed by atoms with Crippen molar-refractivity contribution in [2.75, 3.05) is 13.2 Å². The molecule has 5 heteroatoms. The van der Waals surface area contributed by atoms with Crippen LogP contribution in [0.15, 0.2) is 0 Å². The highest BCUT2D eigenvalue weighted by Gasteiger charge is 2.21. The molecule has 0 saturated carbocycles. The Labute approximate surface area is 122 Å². The van der Waals surface area contributed by atoms with Crippen LogP contribution in [0.4, 0.5) is 0 Å². The average molecular weight is 286 g/mol. The zero-order valence-corrected chi connectivity index (χ0v) is 13.5. The van der Waals surface area contributed by atoms with Gasteiger partial charge < -0.3 is 15.8 Å². The van der Waals surface area contributed by atoms with Crippen LogP contribution < -0.4 is 11.1 Å². The van der Waals surface area contributed by atoms with Gasteiger partial charge in [0.2, 0.25) is 11.8 Å². The lowest BCUT2D eigenvalue weighted by Gasteiger charge is -2.27. The van der Waals surface area contributed by atoms with Gasteiger partial charge in [-0.1, -0.05) is 20.8 Å². The van der Waals surface area contributed by atoms with Gasteiger partial charge in [0, 0.05) is 26.0 Å². The summed E-state index contributed by atoms with van der Waals surface area (Å²) >= 11 is 0. The lowest BCUT2D eigenvalue weighted by molar-refractivity contribution is -0.123. The first-order chi connectivity index (χ1) is 9.02. The monoisotopic (exact) mass is 286 g/mol. The Hall–Kier alpha value is -1.10. The first kappa shape index (κ1) is 18.9. The van der Waals surface area contributed by atoms with Gasteiger partial charge in [0.05, 0.1) is 5.60 Å². The number of ether oxygens (including phenoxy) is 1. The van der Waals surface area contributed by atoms with Crippen molar-refractivity contribution in [3.8, 4) is 0 Å². The fraction of sp³-hybridized carbons (Fsp3) is 0.867. The van der Waals surface area contributed by atoms with Crippen LogP contribution in [-0.2, 0) is 14.3 Å². The minimum Gasteiger partial charge on any atom is -0.376 e. The van der Waals surface area contributed by atoms with E-state index in [1.165, 1.54) is 0 Å². The molecule has 5 nitrogen and oxygen atoms in total. The number of primary amides is 1. The lowest BCUT2D eigenvalue weighted by Crippen LogP contribution is -2.32. The molecule has 3 N–H and O–H groups in total. The second-order valence-corrected chi connectivity index (χ2v) is 6.99. The van der Waals surface area contributed by atoms with Gasteiger partial charge in [-0.3, -0.25) is 9.59 Å². The molecule has 0 rings (SSSR count). The van der Waals surface area contributed by atoms with Crippen LogP contribution in [0.25, 0.3) is 0 Å². The maximum atomic E-state index is 11.6. The highest BCUT2D eigenvalue weighted by atomic mass is 16.5. The molecule has 0 aliphatic heterocycles. The van der Waals surface area contributed by atoms with Gasteiger partial charge >= 0.3 is 0 Å². The summed E-state index contributed by atoms with van der Waals surface area (Å²) in [5.74, 6) is -0.477. The predicted molar refractivity (Wildman–Crippen MR) is 80.2 cm³/mol. The summed E-state index contributed by atoms with van der Waals surface area (Å²) in [5.41, 5.74) is 4.94. The minimum absolute atomic E-state index is 0.0706. The molecular formula is C15H30N2O3. The summed E-state index contributed by atoms with van der Waals surface area (Å²) in [6.07, 6.45) is 2.21. The van der Waals surface area contributed by atoms with E-state index in [9.17, 15) is 9.59 Å². The van der Waals surface area contributed by atoms with Crippen LogP contribution in [0.3, 0.4) is 0 Å². The number of amides is 2. The maximum absolute atomic E-state index is 11.6. The summed E-state index contributed by atoms with van der Waals surface area (Å²) in [7, 11) is 0. The number of rotatable bonds is 9. The predicted octanol–water partition coefficient (Wildman–Crippen LogP) is 1.99. The SMILES string of the molecule is CC(C)(C)CCOC(C)(C)CCC(=O)NCCC(N)=O. The van der Waals surface area contributed by atoms with E-state index in [0.29, 0.717) is 26.0 Å². The van der Waals surface area contributed by atoms with E-state index in [1.54, 1.807) is 0 Å². The van der Waals surface area contributed by atoms with Crippen molar-refractivity contribution in [3.63, 3.8) is 0 Å². The Morgan fingerprint density at radius 2 is 1.65 bits per heavy atom. The van der Waals surface area contributed by atoms with Gasteiger partial charge in [-0.05, 0) is 32.1 Å². The number of hydrogen-bond donors (Lipinski definition) is 2. The molecule has 0 aromatic heterocycles. The van der Waals surface area contributed by atoms with Crippen molar-refractivity contribution in [3.05, 3.63) is 0 Å². The van der Waals surface area contributed by atoms with Crippen LogP contribution in [0.2, 0.25) is 0 Å². The number of carbonyl (C=O) groups excluding carboxylic acids is 2. The molecule has 0 atom stereocenters. The van der Waals surface area contributed by atoms with Gasteiger partial charge in [0.15, 0.2) is 0 Å². The normalized spacial score (nSPS) is 12.2. The summed E-state index contributed by atoms with van der Waals surface area (Å²) < 4.78 is 5.84. The summed E-state index contributed by atoms with van der Waals surface area (Å²) in [6.45, 7) is 11.5. The topological polar surface area (TPSA) is 81.4 Å². The molecule has 2 amide bonds. The molecule has 0 radical (unpaired) electrons. The first-order valence-electron chi connectivity index (χ1n) is 7.21. The standard InChI is InChI=1S/C15H30N2O3/c1-14(2,3)9-11-20-15(4,5)8-6-13(19)17-10-7-12(16)18/h6-11H2,1-5H3,(H2,16,18)(H,17,19). The number of nitrogens with two attached hydrogens (primary N) is 1. The molecule has 0 aromatic carbocycles. The molecule has 0 unspecified atom stereocenters. The Balaban J connectivity index is 3.85. The third-order valence-corrected chi connectivity index (χ3v) is 2.99. The van der Waals surface area contributed by atoms with E-state index in [2.05, 4.69) is 26.1 Å². The van der Waals surface area contributed by atoms with Gasteiger partial charge in [0.1, 0.15) is 0 Å². The van der Waals surface area contributed by atoms with Crippen molar-refractivity contribution in [1.82, 2.24) is 5.32 Å². The summed E-state index contributed by atoms with van der Waals surface area (Å²) in [4.78, 5) is 22.1. The van der Waals surface area contributed by atoms with Crippen LogP contribution in [0.1, 0.15) is 60.3 Å². The zero-order chi connectivity index (χ0) is 15.8. The Morgan fingerprint density at radius 3 is 2.15 bits per heavy atom. The quantitative estimate of drug-likeness (QED) is 0.680. The molecule has 0 aliphatic rings. The molecule has 0 bridgehead atoms. The van der Waals surface area contributed by atoms with Gasteiger partial charge in [-0.2, -0.15) is 0 Å². The van der Waals surface area contributed by atoms with E-state index < -0.39 is 5.91 Å². The van der Waals surface area contributed by atoms with Gasteiger partial charge in [-0.25, -0.2) is 0 Å². The highest BCUT2D eigenvalue weighted by molar-refractivity contribution is 5.78. The molecule has 0 saturated heterocycles. The molecular weight excluding hydrogens is 256 g/mol. The van der Waals surface area contributed by atoms with E-state index in [0.717, 1.165) is 6.42 Å². The van der Waals surface area contributed by atoms with Crippen molar-refractivity contribution in [2.45, 2.75) is 65.9 Å². The van der Waals surface area contributed by atoms with Crippen molar-refractivity contribution in [1.29, 1.82) is 0 Å². The van der Waals surface area contributed by atoms with Crippen molar-refractivity contribution in [2.24, 2.45) is 11.1 Å². The van der Waals surface area contributed by atoms with Crippen LogP contribution in [-0.4, -0.2) is 30.6 Å². The van der Waals surface area contributed by atoms with E-state index in [-0.39, 0.29) is 23.3 Å². The van der Waals surface area contributed by atoms with E-state index >= 15 is 0 Å². The molecule has 118 valence electrons. The highest BCUT2D eigenvalue weighted by Crippen LogP contribution is 2.22. The molecule has 0 heterocycles. The van der Waals surface area contributed by atoms with Crippen molar-refractivity contribution >= 4 is 11.8 Å². The Morgan fingerprint density at radius 1 is 1.05 bits per heavy atom. The number of nitrogens with one attached hydrogen (secondary N) is 1. The minimum atomic E-state index is -0.406. The van der Waals surface area contributed by atoms with E-state index in [1.807, 2.05) is 13.8 Å². The van der Waals surface area contributed by atoms with Gasteiger partial charge in [-0.15, -0.1) is 0 Å².